The zero-order valence-electron chi connectivity index (χ0n) is 9.75. The van der Waals surface area contributed by atoms with Crippen LogP contribution in [0, 0.1) is 0 Å². The summed E-state index contributed by atoms with van der Waals surface area (Å²) < 4.78 is 11.3. The standard InChI is InChI=1S/C9H21NO3SSi/c1-4-12-15(3,13-5-2)8-6-7-14-9(10)11/h4-8H2,1-3H3,(H2,10,11). The van der Waals surface area contributed by atoms with Crippen molar-refractivity contribution in [3.63, 3.8) is 0 Å². The van der Waals surface area contributed by atoms with Gasteiger partial charge in [0.2, 0.25) is 0 Å². The maximum absolute atomic E-state index is 10.5. The average Bonchev–Trinajstić information content (AvgIpc) is 2.13. The smallest absolute Gasteiger partial charge is 0.334 e. The van der Waals surface area contributed by atoms with Gasteiger partial charge < -0.3 is 14.6 Å². The molecule has 2 N–H and O–H groups in total. The van der Waals surface area contributed by atoms with Crippen LogP contribution in [0.5, 0.6) is 0 Å². The van der Waals surface area contributed by atoms with Gasteiger partial charge >= 0.3 is 8.56 Å². The van der Waals surface area contributed by atoms with Gasteiger partial charge in [0.15, 0.2) is 0 Å². The lowest BCUT2D eigenvalue weighted by molar-refractivity contribution is 0.189. The summed E-state index contributed by atoms with van der Waals surface area (Å²) in [6.45, 7) is 7.39. The number of amides is 1. The summed E-state index contributed by atoms with van der Waals surface area (Å²) in [4.78, 5) is 10.5. The van der Waals surface area contributed by atoms with Crippen molar-refractivity contribution in [3.8, 4) is 0 Å². The van der Waals surface area contributed by atoms with E-state index in [1.807, 2.05) is 13.8 Å². The summed E-state index contributed by atoms with van der Waals surface area (Å²) in [7, 11) is -1.99. The van der Waals surface area contributed by atoms with Crippen LogP contribution in [0.2, 0.25) is 12.6 Å². The molecule has 6 heteroatoms. The van der Waals surface area contributed by atoms with Crippen molar-refractivity contribution in [2.45, 2.75) is 32.9 Å². The molecule has 0 saturated carbocycles. The van der Waals surface area contributed by atoms with E-state index in [2.05, 4.69) is 6.55 Å². The fraction of sp³-hybridized carbons (Fsp3) is 0.889. The Balaban J connectivity index is 3.79. The van der Waals surface area contributed by atoms with Crippen molar-refractivity contribution >= 4 is 25.6 Å². The fourth-order valence-corrected chi connectivity index (χ4v) is 4.52. The summed E-state index contributed by atoms with van der Waals surface area (Å²) in [6, 6.07) is 0.912. The first-order chi connectivity index (χ1) is 7.04. The molecule has 0 aromatic carbocycles. The molecule has 0 aliphatic carbocycles. The molecule has 0 rings (SSSR count). The number of primary amides is 1. The fourth-order valence-electron chi connectivity index (χ4n) is 1.36. The van der Waals surface area contributed by atoms with Gasteiger partial charge in [-0.1, -0.05) is 11.8 Å². The van der Waals surface area contributed by atoms with Gasteiger partial charge in [-0.2, -0.15) is 0 Å². The summed E-state index contributed by atoms with van der Waals surface area (Å²) in [5, 5.41) is -0.314. The lowest BCUT2D eigenvalue weighted by Crippen LogP contribution is -2.38. The number of rotatable bonds is 8. The Hall–Kier alpha value is -0.0431. The number of thioether (sulfide) groups is 1. The van der Waals surface area contributed by atoms with Crippen LogP contribution in [0.25, 0.3) is 0 Å². The third-order valence-corrected chi connectivity index (χ3v) is 5.76. The number of carbonyl (C=O) groups excluding carboxylic acids is 1. The Labute approximate surface area is 97.1 Å². The maximum atomic E-state index is 10.5. The van der Waals surface area contributed by atoms with E-state index in [4.69, 9.17) is 14.6 Å². The van der Waals surface area contributed by atoms with Crippen molar-refractivity contribution < 1.29 is 13.6 Å². The topological polar surface area (TPSA) is 61.5 Å². The molecule has 0 fully saturated rings. The Bertz CT molecular complexity index is 186. The molecule has 1 amide bonds. The third kappa shape index (κ3) is 7.84. The molecule has 0 aromatic heterocycles. The molecule has 0 heterocycles. The summed E-state index contributed by atoms with van der Waals surface area (Å²) in [5.41, 5.74) is 5.03. The number of hydrogen-bond acceptors (Lipinski definition) is 4. The summed E-state index contributed by atoms with van der Waals surface area (Å²) in [5.74, 6) is 0.748. The van der Waals surface area contributed by atoms with Crippen LogP contribution in [-0.4, -0.2) is 32.8 Å². The molecule has 0 saturated heterocycles. The van der Waals surface area contributed by atoms with E-state index in [0.29, 0.717) is 13.2 Å². The Morgan fingerprint density at radius 2 is 1.87 bits per heavy atom. The van der Waals surface area contributed by atoms with E-state index in [0.717, 1.165) is 30.0 Å². The Morgan fingerprint density at radius 1 is 1.33 bits per heavy atom. The molecule has 0 unspecified atom stereocenters. The van der Waals surface area contributed by atoms with Crippen LogP contribution in [-0.2, 0) is 8.85 Å². The van der Waals surface area contributed by atoms with E-state index < -0.39 is 8.56 Å². The average molecular weight is 251 g/mol. The minimum Gasteiger partial charge on any atom is -0.395 e. The monoisotopic (exact) mass is 251 g/mol. The first-order valence-corrected chi connectivity index (χ1v) is 8.75. The quantitative estimate of drug-likeness (QED) is 0.531. The third-order valence-electron chi connectivity index (χ3n) is 1.92. The van der Waals surface area contributed by atoms with E-state index >= 15 is 0 Å². The second kappa shape index (κ2) is 8.15. The van der Waals surface area contributed by atoms with Crippen LogP contribution in [0.3, 0.4) is 0 Å². The van der Waals surface area contributed by atoms with Crippen molar-refractivity contribution in [3.05, 3.63) is 0 Å². The van der Waals surface area contributed by atoms with Gasteiger partial charge in [-0.25, -0.2) is 0 Å². The predicted octanol–water partition coefficient (Wildman–Crippen LogP) is 2.33. The largest absolute Gasteiger partial charge is 0.395 e. The molecule has 0 bridgehead atoms. The summed E-state index contributed by atoms with van der Waals surface area (Å²) >= 11 is 1.16. The Kier molecular flexibility index (Phi) is 8.13. The van der Waals surface area contributed by atoms with E-state index in [1.54, 1.807) is 0 Å². The van der Waals surface area contributed by atoms with Crippen LogP contribution < -0.4 is 5.73 Å². The SMILES string of the molecule is CCO[Si](C)(CCCSC(N)=O)OCC. The van der Waals surface area contributed by atoms with E-state index in [1.165, 1.54) is 0 Å². The molecule has 0 atom stereocenters. The van der Waals surface area contributed by atoms with Gasteiger partial charge in [0.05, 0.1) is 0 Å². The molecule has 4 nitrogen and oxygen atoms in total. The molecule has 0 aliphatic heterocycles. The number of hydrogen-bond donors (Lipinski definition) is 1. The molecule has 90 valence electrons. The highest BCUT2D eigenvalue weighted by molar-refractivity contribution is 8.13. The number of carbonyl (C=O) groups is 1. The first kappa shape index (κ1) is 15.0. The predicted molar refractivity (Wildman–Crippen MR) is 66.3 cm³/mol. The van der Waals surface area contributed by atoms with Crippen molar-refractivity contribution in [1.82, 2.24) is 0 Å². The van der Waals surface area contributed by atoms with Crippen molar-refractivity contribution in [2.24, 2.45) is 5.73 Å². The second-order valence-electron chi connectivity index (χ2n) is 3.27. The molecule has 0 aliphatic rings. The zero-order chi connectivity index (χ0) is 11.7. The lowest BCUT2D eigenvalue weighted by atomic mass is 10.6. The highest BCUT2D eigenvalue weighted by Crippen LogP contribution is 2.17. The molecule has 0 spiro atoms. The maximum Gasteiger partial charge on any atom is 0.334 e. The van der Waals surface area contributed by atoms with Gasteiger partial charge in [0, 0.05) is 19.0 Å². The highest BCUT2D eigenvalue weighted by atomic mass is 32.2. The van der Waals surface area contributed by atoms with E-state index in [9.17, 15) is 4.79 Å². The first-order valence-electron chi connectivity index (χ1n) is 5.24. The van der Waals surface area contributed by atoms with Crippen LogP contribution in [0.4, 0.5) is 4.79 Å². The lowest BCUT2D eigenvalue weighted by Gasteiger charge is -2.25. The van der Waals surface area contributed by atoms with Gasteiger partial charge in [0.1, 0.15) is 0 Å². The van der Waals surface area contributed by atoms with Gasteiger partial charge in [0.25, 0.3) is 5.24 Å². The zero-order valence-corrected chi connectivity index (χ0v) is 11.6. The second-order valence-corrected chi connectivity index (χ2v) is 7.72. The molecule has 0 aromatic rings. The normalized spacial score (nSPS) is 11.7. The van der Waals surface area contributed by atoms with Gasteiger partial charge in [-0.3, -0.25) is 4.79 Å². The van der Waals surface area contributed by atoms with Crippen molar-refractivity contribution in [1.29, 1.82) is 0 Å². The van der Waals surface area contributed by atoms with Gasteiger partial charge in [-0.05, 0) is 32.9 Å². The molecular formula is C9H21NO3SSi. The minimum absolute atomic E-state index is 0.314. The molecular weight excluding hydrogens is 230 g/mol. The number of nitrogens with two attached hydrogens (primary N) is 1. The minimum atomic E-state index is -1.99. The molecule has 15 heavy (non-hydrogen) atoms. The summed E-state index contributed by atoms with van der Waals surface area (Å²) in [6.07, 6.45) is 0.913. The Morgan fingerprint density at radius 3 is 2.27 bits per heavy atom. The van der Waals surface area contributed by atoms with Crippen LogP contribution >= 0.6 is 11.8 Å². The van der Waals surface area contributed by atoms with E-state index in [-0.39, 0.29) is 5.24 Å². The van der Waals surface area contributed by atoms with Crippen molar-refractivity contribution in [2.75, 3.05) is 19.0 Å². The highest BCUT2D eigenvalue weighted by Gasteiger charge is 2.29. The van der Waals surface area contributed by atoms with Crippen LogP contribution in [0.1, 0.15) is 20.3 Å². The molecule has 0 radical (unpaired) electrons. The van der Waals surface area contributed by atoms with Crippen LogP contribution in [0.15, 0.2) is 0 Å². The van der Waals surface area contributed by atoms with Gasteiger partial charge in [-0.15, -0.1) is 0 Å².